The molecular formula is C18H20N2OS. The van der Waals surface area contributed by atoms with Crippen molar-refractivity contribution < 1.29 is 4.79 Å². The Balaban J connectivity index is 1.49. The molecule has 1 aromatic heterocycles. The van der Waals surface area contributed by atoms with E-state index in [1.807, 2.05) is 17.5 Å². The maximum atomic E-state index is 12.4. The van der Waals surface area contributed by atoms with Crippen LogP contribution >= 0.6 is 11.3 Å². The summed E-state index contributed by atoms with van der Waals surface area (Å²) >= 11 is 1.55. The van der Waals surface area contributed by atoms with Crippen molar-refractivity contribution in [2.75, 3.05) is 0 Å². The summed E-state index contributed by atoms with van der Waals surface area (Å²) in [6.45, 7) is 2.08. The fraction of sp³-hybridized carbons (Fsp3) is 0.444. The average molecular weight is 312 g/mol. The van der Waals surface area contributed by atoms with E-state index < -0.39 is 0 Å². The molecule has 3 nitrogen and oxygen atoms in total. The highest BCUT2D eigenvalue weighted by molar-refractivity contribution is 7.13. The van der Waals surface area contributed by atoms with Crippen LogP contribution in [0.15, 0.2) is 29.6 Å². The number of amides is 1. The first-order chi connectivity index (χ1) is 10.7. The molecule has 2 aromatic rings. The van der Waals surface area contributed by atoms with E-state index in [4.69, 9.17) is 0 Å². The topological polar surface area (TPSA) is 42.0 Å². The molecule has 4 heteroatoms. The Kier molecular flexibility index (Phi) is 3.49. The van der Waals surface area contributed by atoms with Gasteiger partial charge in [0.1, 0.15) is 10.7 Å². The molecule has 0 spiro atoms. The van der Waals surface area contributed by atoms with Crippen molar-refractivity contribution in [3.63, 3.8) is 0 Å². The van der Waals surface area contributed by atoms with Crippen LogP contribution in [0, 0.1) is 18.8 Å². The van der Waals surface area contributed by atoms with Crippen LogP contribution in [0.4, 0.5) is 0 Å². The number of fused-ring (bicyclic) bond motifs is 2. The van der Waals surface area contributed by atoms with Crippen LogP contribution in [0.5, 0.6) is 0 Å². The normalized spacial score (nSPS) is 26.3. The first kappa shape index (κ1) is 13.9. The number of thiazole rings is 1. The Morgan fingerprint density at radius 3 is 2.86 bits per heavy atom. The highest BCUT2D eigenvalue weighted by Crippen LogP contribution is 2.44. The van der Waals surface area contributed by atoms with Crippen LogP contribution in [0.2, 0.25) is 0 Å². The molecule has 2 aliphatic carbocycles. The second-order valence-electron chi connectivity index (χ2n) is 6.61. The number of rotatable bonds is 3. The number of hydrogen-bond acceptors (Lipinski definition) is 3. The van der Waals surface area contributed by atoms with Gasteiger partial charge < -0.3 is 5.32 Å². The average Bonchev–Trinajstić information content (AvgIpc) is 3.24. The van der Waals surface area contributed by atoms with Crippen LogP contribution in [-0.2, 0) is 0 Å². The zero-order valence-corrected chi connectivity index (χ0v) is 13.5. The summed E-state index contributed by atoms with van der Waals surface area (Å²) in [5, 5.41) is 6.02. The third-order valence-electron chi connectivity index (χ3n) is 5.17. The number of nitrogens with zero attached hydrogens (tertiary/aromatic N) is 1. The molecule has 2 bridgehead atoms. The van der Waals surface area contributed by atoms with Crippen molar-refractivity contribution in [1.82, 2.24) is 10.3 Å². The lowest BCUT2D eigenvalue weighted by atomic mass is 9.95. The van der Waals surface area contributed by atoms with Gasteiger partial charge in [0.05, 0.1) is 0 Å². The van der Waals surface area contributed by atoms with E-state index >= 15 is 0 Å². The fourth-order valence-electron chi connectivity index (χ4n) is 3.98. The van der Waals surface area contributed by atoms with Crippen molar-refractivity contribution in [1.29, 1.82) is 0 Å². The third-order valence-corrected chi connectivity index (χ3v) is 6.04. The summed E-state index contributed by atoms with van der Waals surface area (Å²) in [5.74, 6) is 1.53. The lowest BCUT2D eigenvalue weighted by Gasteiger charge is -2.22. The molecule has 2 saturated carbocycles. The van der Waals surface area contributed by atoms with Crippen LogP contribution in [-0.4, -0.2) is 16.9 Å². The molecule has 1 aromatic carbocycles. The Morgan fingerprint density at radius 1 is 1.27 bits per heavy atom. The molecule has 0 radical (unpaired) electrons. The van der Waals surface area contributed by atoms with Gasteiger partial charge >= 0.3 is 0 Å². The molecule has 3 atom stereocenters. The van der Waals surface area contributed by atoms with Gasteiger partial charge in [-0.15, -0.1) is 11.3 Å². The van der Waals surface area contributed by atoms with Gasteiger partial charge in [0.15, 0.2) is 0 Å². The lowest BCUT2D eigenvalue weighted by Crippen LogP contribution is -2.38. The molecule has 0 saturated heterocycles. The van der Waals surface area contributed by atoms with Crippen molar-refractivity contribution in [2.45, 2.75) is 38.6 Å². The Bertz CT molecular complexity index is 709. The van der Waals surface area contributed by atoms with Crippen LogP contribution in [0.3, 0.4) is 0 Å². The summed E-state index contributed by atoms with van der Waals surface area (Å²) in [4.78, 5) is 17.0. The van der Waals surface area contributed by atoms with Gasteiger partial charge in [0, 0.05) is 17.0 Å². The number of aryl methyl sites for hydroxylation is 1. The number of hydrogen-bond donors (Lipinski definition) is 1. The summed E-state index contributed by atoms with van der Waals surface area (Å²) in [6.07, 6.45) is 5.09. The molecular weight excluding hydrogens is 292 g/mol. The molecule has 4 rings (SSSR count). The van der Waals surface area contributed by atoms with Crippen molar-refractivity contribution >= 4 is 17.2 Å². The zero-order chi connectivity index (χ0) is 15.1. The van der Waals surface area contributed by atoms with Gasteiger partial charge in [-0.25, -0.2) is 4.98 Å². The highest BCUT2D eigenvalue weighted by Gasteiger charge is 2.40. The van der Waals surface area contributed by atoms with E-state index in [0.717, 1.165) is 22.9 Å². The second-order valence-corrected chi connectivity index (χ2v) is 7.47. The van der Waals surface area contributed by atoms with Gasteiger partial charge in [-0.3, -0.25) is 4.79 Å². The van der Waals surface area contributed by atoms with Crippen LogP contribution in [0.25, 0.3) is 10.6 Å². The predicted molar refractivity (Wildman–Crippen MR) is 89.0 cm³/mol. The molecule has 2 unspecified atom stereocenters. The second kappa shape index (κ2) is 5.51. The minimum absolute atomic E-state index is 0.00589. The van der Waals surface area contributed by atoms with E-state index in [1.54, 1.807) is 11.3 Å². The molecule has 1 heterocycles. The SMILES string of the molecule is Cc1ccccc1-c1nc(C(=O)NC2C[C@@H]3CCC2C3)cs1. The van der Waals surface area contributed by atoms with Gasteiger partial charge in [-0.05, 0) is 43.6 Å². The molecule has 1 N–H and O–H groups in total. The van der Waals surface area contributed by atoms with Crippen LogP contribution < -0.4 is 5.32 Å². The smallest absolute Gasteiger partial charge is 0.271 e. The monoisotopic (exact) mass is 312 g/mol. The van der Waals surface area contributed by atoms with E-state index in [1.165, 1.54) is 24.8 Å². The standard InChI is InChI=1S/C18H20N2OS/c1-11-4-2-3-5-14(11)18-20-16(10-22-18)17(21)19-15-9-12-6-7-13(15)8-12/h2-5,10,12-13,15H,6-9H2,1H3,(H,19,21)/t12-,13?,15?/m1/s1. The zero-order valence-electron chi connectivity index (χ0n) is 12.7. The lowest BCUT2D eigenvalue weighted by molar-refractivity contribution is 0.0918. The third kappa shape index (κ3) is 2.45. The van der Waals surface area contributed by atoms with Crippen molar-refractivity contribution in [2.24, 2.45) is 11.8 Å². The van der Waals surface area contributed by atoms with Crippen LogP contribution in [0.1, 0.15) is 41.7 Å². The molecule has 2 aliphatic rings. The largest absolute Gasteiger partial charge is 0.348 e. The first-order valence-corrected chi connectivity index (χ1v) is 8.91. The summed E-state index contributed by atoms with van der Waals surface area (Å²) < 4.78 is 0. The molecule has 22 heavy (non-hydrogen) atoms. The number of carbonyl (C=O) groups is 1. The van der Waals surface area contributed by atoms with E-state index in [-0.39, 0.29) is 5.91 Å². The number of aromatic nitrogens is 1. The van der Waals surface area contributed by atoms with Gasteiger partial charge in [0.25, 0.3) is 5.91 Å². The van der Waals surface area contributed by atoms with Gasteiger partial charge in [0.2, 0.25) is 0 Å². The Hall–Kier alpha value is -1.68. The van der Waals surface area contributed by atoms with Crippen molar-refractivity contribution in [3.05, 3.63) is 40.9 Å². The fourth-order valence-corrected chi connectivity index (χ4v) is 4.87. The maximum Gasteiger partial charge on any atom is 0.271 e. The predicted octanol–water partition coefficient (Wildman–Crippen LogP) is 4.04. The summed E-state index contributed by atoms with van der Waals surface area (Å²) in [7, 11) is 0. The number of carbonyl (C=O) groups excluding carboxylic acids is 1. The molecule has 114 valence electrons. The van der Waals surface area contributed by atoms with E-state index in [9.17, 15) is 4.79 Å². The summed E-state index contributed by atoms with van der Waals surface area (Å²) in [6, 6.07) is 8.54. The molecule has 1 amide bonds. The molecule has 2 fully saturated rings. The minimum Gasteiger partial charge on any atom is -0.348 e. The number of benzene rings is 1. The number of nitrogens with one attached hydrogen (secondary N) is 1. The first-order valence-electron chi connectivity index (χ1n) is 8.03. The quantitative estimate of drug-likeness (QED) is 0.929. The highest BCUT2D eigenvalue weighted by atomic mass is 32.1. The van der Waals surface area contributed by atoms with Crippen molar-refractivity contribution in [3.8, 4) is 10.6 Å². The van der Waals surface area contributed by atoms with Gasteiger partial charge in [-0.1, -0.05) is 30.7 Å². The minimum atomic E-state index is -0.00589. The Labute approximate surface area is 134 Å². The van der Waals surface area contributed by atoms with Gasteiger partial charge in [-0.2, -0.15) is 0 Å². The molecule has 0 aliphatic heterocycles. The van der Waals surface area contributed by atoms with E-state index in [2.05, 4.69) is 29.4 Å². The van der Waals surface area contributed by atoms with E-state index in [0.29, 0.717) is 17.7 Å². The Morgan fingerprint density at radius 2 is 2.14 bits per heavy atom. The summed E-state index contributed by atoms with van der Waals surface area (Å²) in [5.41, 5.74) is 2.87. The maximum absolute atomic E-state index is 12.4.